The van der Waals surface area contributed by atoms with E-state index in [1.165, 1.54) is 6.92 Å². The molecule has 0 aliphatic heterocycles. The molecule has 0 unspecified atom stereocenters. The number of carboxylic acids is 1. The van der Waals surface area contributed by atoms with Crippen molar-refractivity contribution in [3.05, 3.63) is 65.1 Å². The Balaban J connectivity index is 1.89. The van der Waals surface area contributed by atoms with E-state index in [1.54, 1.807) is 0 Å². The van der Waals surface area contributed by atoms with Crippen molar-refractivity contribution in [1.29, 1.82) is 0 Å². The monoisotopic (exact) mass is 474 g/mol. The zero-order valence-electron chi connectivity index (χ0n) is 16.3. The second kappa shape index (κ2) is 8.48. The topological polar surface area (TPSA) is 123 Å². The van der Waals surface area contributed by atoms with Crippen molar-refractivity contribution in [2.75, 3.05) is 0 Å². The summed E-state index contributed by atoms with van der Waals surface area (Å²) in [5, 5.41) is 15.0. The molecule has 0 bridgehead atoms. The van der Waals surface area contributed by atoms with Crippen LogP contribution in [0.5, 0.6) is 0 Å². The van der Waals surface area contributed by atoms with Gasteiger partial charge in [-0.3, -0.25) is 4.79 Å². The number of carboxylic acid groups (broad SMARTS) is 1. The van der Waals surface area contributed by atoms with Crippen molar-refractivity contribution in [1.82, 2.24) is 30.0 Å². The molecule has 174 valence electrons. The standard InChI is InChI=1S/C18H12F6N6O3/c1-8(14-27-7-28-30(14)13-6-25-12(5-26-13)16(32)33)29-15(31)9-2-10(17(19,20)21)4-11(3-9)18(22,23)24/h2-8H,1H3,(H,29,31)(H,32,33)/t8-/m0/s1. The normalized spacial score (nSPS) is 12.9. The van der Waals surface area contributed by atoms with Gasteiger partial charge >= 0.3 is 18.3 Å². The number of nitrogens with one attached hydrogen (secondary N) is 1. The Kier molecular flexibility index (Phi) is 6.07. The number of hydrogen-bond donors (Lipinski definition) is 2. The Morgan fingerprint density at radius 1 is 0.970 bits per heavy atom. The van der Waals surface area contributed by atoms with Gasteiger partial charge in [0.05, 0.1) is 29.6 Å². The number of alkyl halides is 6. The lowest BCUT2D eigenvalue weighted by Crippen LogP contribution is -2.29. The fourth-order valence-electron chi connectivity index (χ4n) is 2.69. The van der Waals surface area contributed by atoms with Gasteiger partial charge in [0.25, 0.3) is 5.91 Å². The number of hydrogen-bond acceptors (Lipinski definition) is 6. The van der Waals surface area contributed by atoms with Crippen molar-refractivity contribution in [2.45, 2.75) is 25.3 Å². The average molecular weight is 474 g/mol. The van der Waals surface area contributed by atoms with Crippen molar-refractivity contribution >= 4 is 11.9 Å². The second-order valence-electron chi connectivity index (χ2n) is 6.58. The third-order valence-corrected chi connectivity index (χ3v) is 4.23. The molecule has 1 aromatic carbocycles. The molecule has 2 N–H and O–H groups in total. The van der Waals surface area contributed by atoms with Gasteiger partial charge in [0.1, 0.15) is 6.33 Å². The van der Waals surface area contributed by atoms with Crippen LogP contribution in [0.15, 0.2) is 36.9 Å². The summed E-state index contributed by atoms with van der Waals surface area (Å²) in [6, 6.07) is -0.531. The van der Waals surface area contributed by atoms with E-state index in [0.29, 0.717) is 12.1 Å². The van der Waals surface area contributed by atoms with Crippen LogP contribution >= 0.6 is 0 Å². The summed E-state index contributed by atoms with van der Waals surface area (Å²) in [7, 11) is 0. The number of nitrogens with zero attached hydrogens (tertiary/aromatic N) is 5. The van der Waals surface area contributed by atoms with E-state index in [2.05, 4.69) is 25.4 Å². The Labute approximate surface area is 180 Å². The van der Waals surface area contributed by atoms with E-state index in [9.17, 15) is 35.9 Å². The van der Waals surface area contributed by atoms with Gasteiger partial charge in [-0.1, -0.05) is 0 Å². The number of aromatic carboxylic acids is 1. The fraction of sp³-hybridized carbons (Fsp3) is 0.222. The van der Waals surface area contributed by atoms with E-state index in [1.807, 2.05) is 0 Å². The first-order valence-corrected chi connectivity index (χ1v) is 8.83. The maximum Gasteiger partial charge on any atom is 0.416 e. The molecule has 3 rings (SSSR count). The third-order valence-electron chi connectivity index (χ3n) is 4.23. The number of amides is 1. The molecule has 2 heterocycles. The number of carbonyl (C=O) groups excluding carboxylic acids is 1. The highest BCUT2D eigenvalue weighted by Gasteiger charge is 2.37. The van der Waals surface area contributed by atoms with Crippen LogP contribution in [0, 0.1) is 0 Å². The molecule has 0 saturated carbocycles. The average Bonchev–Trinajstić information content (AvgIpc) is 3.22. The molecule has 0 spiro atoms. The molecule has 0 aliphatic carbocycles. The van der Waals surface area contributed by atoms with Gasteiger partial charge < -0.3 is 10.4 Å². The molecule has 33 heavy (non-hydrogen) atoms. The minimum absolute atomic E-state index is 0.00347. The SMILES string of the molecule is C[C@H](NC(=O)c1cc(C(F)(F)F)cc(C(F)(F)F)c1)c1ncnn1-c1cnc(C(=O)O)cn1. The zero-order valence-corrected chi connectivity index (χ0v) is 16.3. The highest BCUT2D eigenvalue weighted by Crippen LogP contribution is 2.36. The number of halogens is 6. The molecule has 1 atom stereocenters. The smallest absolute Gasteiger partial charge is 0.416 e. The first-order valence-electron chi connectivity index (χ1n) is 8.83. The highest BCUT2D eigenvalue weighted by molar-refractivity contribution is 5.95. The van der Waals surface area contributed by atoms with E-state index >= 15 is 0 Å². The van der Waals surface area contributed by atoms with Gasteiger partial charge in [-0.2, -0.15) is 36.1 Å². The van der Waals surface area contributed by atoms with Gasteiger partial charge in [-0.15, -0.1) is 0 Å². The first-order chi connectivity index (χ1) is 15.3. The first kappa shape index (κ1) is 23.6. The molecular formula is C18H12F6N6O3. The molecule has 2 aromatic heterocycles. The maximum absolute atomic E-state index is 13.0. The number of rotatable bonds is 5. The van der Waals surface area contributed by atoms with Gasteiger partial charge in [0.2, 0.25) is 0 Å². The van der Waals surface area contributed by atoms with Crippen molar-refractivity contribution in [2.24, 2.45) is 0 Å². The van der Waals surface area contributed by atoms with Crippen LogP contribution in [0.25, 0.3) is 5.82 Å². The van der Waals surface area contributed by atoms with Crippen LogP contribution in [0.4, 0.5) is 26.3 Å². The summed E-state index contributed by atoms with van der Waals surface area (Å²) < 4.78 is 79.3. The Morgan fingerprint density at radius 3 is 2.06 bits per heavy atom. The number of aromatic nitrogens is 5. The maximum atomic E-state index is 13.0. The predicted octanol–water partition coefficient (Wildman–Crippen LogP) is 3.28. The van der Waals surface area contributed by atoms with Crippen LogP contribution in [-0.2, 0) is 12.4 Å². The number of carbonyl (C=O) groups is 2. The van der Waals surface area contributed by atoms with Crippen molar-refractivity contribution in [3.63, 3.8) is 0 Å². The van der Waals surface area contributed by atoms with Gasteiger partial charge in [0, 0.05) is 5.56 Å². The lowest BCUT2D eigenvalue weighted by Gasteiger charge is -2.17. The van der Waals surface area contributed by atoms with Crippen LogP contribution in [0.1, 0.15) is 50.8 Å². The van der Waals surface area contributed by atoms with Gasteiger partial charge in [-0.05, 0) is 25.1 Å². The summed E-state index contributed by atoms with van der Waals surface area (Å²) in [4.78, 5) is 34.8. The second-order valence-corrected chi connectivity index (χ2v) is 6.58. The van der Waals surface area contributed by atoms with Crippen molar-refractivity contribution < 1.29 is 41.0 Å². The molecule has 0 fully saturated rings. The molecule has 0 radical (unpaired) electrons. The van der Waals surface area contributed by atoms with Crippen LogP contribution < -0.4 is 5.32 Å². The lowest BCUT2D eigenvalue weighted by molar-refractivity contribution is -0.143. The highest BCUT2D eigenvalue weighted by atomic mass is 19.4. The van der Waals surface area contributed by atoms with E-state index in [4.69, 9.17) is 5.11 Å². The lowest BCUT2D eigenvalue weighted by atomic mass is 10.0. The fourth-order valence-corrected chi connectivity index (χ4v) is 2.69. The third kappa shape index (κ3) is 5.24. The summed E-state index contributed by atoms with van der Waals surface area (Å²) in [6.07, 6.45) is -7.17. The van der Waals surface area contributed by atoms with E-state index in [-0.39, 0.29) is 23.4 Å². The molecular weight excluding hydrogens is 462 g/mol. The summed E-state index contributed by atoms with van der Waals surface area (Å²) in [5.41, 5.74) is -4.48. The predicted molar refractivity (Wildman–Crippen MR) is 96.2 cm³/mol. The van der Waals surface area contributed by atoms with Gasteiger partial charge in [-0.25, -0.2) is 19.7 Å². The minimum Gasteiger partial charge on any atom is -0.476 e. The molecule has 0 aliphatic rings. The van der Waals surface area contributed by atoms with E-state index < -0.39 is 47.0 Å². The van der Waals surface area contributed by atoms with Crippen LogP contribution in [0.2, 0.25) is 0 Å². The van der Waals surface area contributed by atoms with Gasteiger partial charge in [0.15, 0.2) is 17.3 Å². The zero-order chi connectivity index (χ0) is 24.6. The molecule has 1 amide bonds. The van der Waals surface area contributed by atoms with Crippen LogP contribution in [-0.4, -0.2) is 41.7 Å². The van der Waals surface area contributed by atoms with E-state index in [0.717, 1.165) is 23.4 Å². The Morgan fingerprint density at radius 2 is 1.58 bits per heavy atom. The summed E-state index contributed by atoms with van der Waals surface area (Å²) in [6.45, 7) is 1.36. The Bertz CT molecular complexity index is 1160. The molecule has 0 saturated heterocycles. The van der Waals surface area contributed by atoms with Crippen molar-refractivity contribution in [3.8, 4) is 5.82 Å². The minimum atomic E-state index is -5.11. The largest absolute Gasteiger partial charge is 0.476 e. The molecule has 15 heteroatoms. The molecule has 3 aromatic rings. The summed E-state index contributed by atoms with van der Waals surface area (Å²) in [5.74, 6) is -2.54. The van der Waals surface area contributed by atoms with Crippen LogP contribution in [0.3, 0.4) is 0 Å². The summed E-state index contributed by atoms with van der Waals surface area (Å²) >= 11 is 0. The number of benzene rings is 1. The molecule has 9 nitrogen and oxygen atoms in total. The quantitative estimate of drug-likeness (QED) is 0.544. The Hall–Kier alpha value is -4.04.